The summed E-state index contributed by atoms with van der Waals surface area (Å²) < 4.78 is 19.7. The van der Waals surface area contributed by atoms with Crippen LogP contribution in [0.3, 0.4) is 0 Å². The van der Waals surface area contributed by atoms with Gasteiger partial charge in [0.2, 0.25) is 0 Å². The molecule has 1 aromatic carbocycles. The molecule has 0 amide bonds. The minimum Gasteiger partial charge on any atom is -0.381 e. The number of rotatable bonds is 4. The van der Waals surface area contributed by atoms with E-state index in [0.29, 0.717) is 5.92 Å². The normalized spacial score (nSPS) is 18.5. The third-order valence-corrected chi connectivity index (χ3v) is 5.18. The average molecular weight is 294 g/mol. The summed E-state index contributed by atoms with van der Waals surface area (Å²) in [6.45, 7) is 1.69. The summed E-state index contributed by atoms with van der Waals surface area (Å²) in [6, 6.07) is 7.11. The van der Waals surface area contributed by atoms with Gasteiger partial charge in [-0.05, 0) is 54.8 Å². The van der Waals surface area contributed by atoms with Crippen LogP contribution in [0.25, 0.3) is 10.1 Å². The van der Waals surface area contributed by atoms with Gasteiger partial charge in [0.05, 0.1) is 6.04 Å². The Hall–Kier alpha value is -1.01. The van der Waals surface area contributed by atoms with Crippen molar-refractivity contribution in [1.29, 1.82) is 0 Å². The molecule has 1 unspecified atom stereocenters. The van der Waals surface area contributed by atoms with E-state index in [0.717, 1.165) is 42.6 Å². The fourth-order valence-corrected chi connectivity index (χ4v) is 3.91. The van der Waals surface area contributed by atoms with Crippen LogP contribution >= 0.6 is 11.3 Å². The molecule has 5 heteroatoms. The zero-order valence-electron chi connectivity index (χ0n) is 11.3. The Kier molecular flexibility index (Phi) is 4.31. The SMILES string of the molecule is NNC(CC1CCOCC1)c1cc2cc(F)ccc2s1. The summed E-state index contributed by atoms with van der Waals surface area (Å²) in [4.78, 5) is 1.18. The van der Waals surface area contributed by atoms with E-state index in [9.17, 15) is 4.39 Å². The lowest BCUT2D eigenvalue weighted by atomic mass is 9.92. The molecule has 20 heavy (non-hydrogen) atoms. The van der Waals surface area contributed by atoms with Crippen molar-refractivity contribution in [2.24, 2.45) is 11.8 Å². The van der Waals surface area contributed by atoms with E-state index in [1.165, 1.54) is 10.9 Å². The molecule has 0 spiro atoms. The number of benzene rings is 1. The van der Waals surface area contributed by atoms with Gasteiger partial charge in [-0.1, -0.05) is 0 Å². The number of hydrazine groups is 1. The first-order chi connectivity index (χ1) is 9.76. The minimum atomic E-state index is -0.191. The number of nitrogens with one attached hydrogen (secondary N) is 1. The predicted octanol–water partition coefficient (Wildman–Crippen LogP) is 3.36. The fourth-order valence-electron chi connectivity index (χ4n) is 2.79. The molecule has 1 saturated heterocycles. The molecule has 1 aliphatic rings. The van der Waals surface area contributed by atoms with E-state index in [2.05, 4.69) is 5.43 Å². The first-order valence-corrected chi connectivity index (χ1v) is 7.81. The van der Waals surface area contributed by atoms with Crippen molar-refractivity contribution in [3.8, 4) is 0 Å². The second kappa shape index (κ2) is 6.18. The number of hydrogen-bond acceptors (Lipinski definition) is 4. The smallest absolute Gasteiger partial charge is 0.123 e. The Bertz CT molecular complexity index is 580. The summed E-state index contributed by atoms with van der Waals surface area (Å²) in [5.41, 5.74) is 2.92. The molecule has 0 radical (unpaired) electrons. The Morgan fingerprint density at radius 1 is 1.35 bits per heavy atom. The number of fused-ring (bicyclic) bond motifs is 1. The molecule has 1 atom stereocenters. The van der Waals surface area contributed by atoms with Gasteiger partial charge in [-0.25, -0.2) is 4.39 Å². The second-order valence-electron chi connectivity index (χ2n) is 5.34. The number of ether oxygens (including phenoxy) is 1. The Labute approximate surface area is 121 Å². The highest BCUT2D eigenvalue weighted by molar-refractivity contribution is 7.19. The number of halogens is 1. The molecular weight excluding hydrogens is 275 g/mol. The van der Waals surface area contributed by atoms with Crippen molar-refractivity contribution in [3.63, 3.8) is 0 Å². The van der Waals surface area contributed by atoms with E-state index in [-0.39, 0.29) is 11.9 Å². The highest BCUT2D eigenvalue weighted by Gasteiger charge is 2.21. The molecule has 0 saturated carbocycles. The molecule has 0 bridgehead atoms. The van der Waals surface area contributed by atoms with Crippen molar-refractivity contribution in [2.45, 2.75) is 25.3 Å². The van der Waals surface area contributed by atoms with E-state index < -0.39 is 0 Å². The largest absolute Gasteiger partial charge is 0.381 e. The zero-order chi connectivity index (χ0) is 13.9. The van der Waals surface area contributed by atoms with Crippen LogP contribution in [-0.2, 0) is 4.74 Å². The van der Waals surface area contributed by atoms with Gasteiger partial charge in [-0.2, -0.15) is 0 Å². The summed E-state index contributed by atoms with van der Waals surface area (Å²) in [7, 11) is 0. The molecule has 2 aromatic rings. The van der Waals surface area contributed by atoms with Gasteiger partial charge >= 0.3 is 0 Å². The Morgan fingerprint density at radius 3 is 2.90 bits per heavy atom. The molecule has 3 N–H and O–H groups in total. The van der Waals surface area contributed by atoms with Crippen molar-refractivity contribution in [3.05, 3.63) is 35.0 Å². The highest BCUT2D eigenvalue weighted by atomic mass is 32.1. The van der Waals surface area contributed by atoms with Crippen LogP contribution in [0.1, 0.15) is 30.2 Å². The lowest BCUT2D eigenvalue weighted by molar-refractivity contribution is 0.0606. The van der Waals surface area contributed by atoms with Crippen LogP contribution in [0.5, 0.6) is 0 Å². The molecule has 3 nitrogen and oxygen atoms in total. The summed E-state index contributed by atoms with van der Waals surface area (Å²) >= 11 is 1.69. The lowest BCUT2D eigenvalue weighted by Crippen LogP contribution is -2.30. The molecule has 2 heterocycles. The first-order valence-electron chi connectivity index (χ1n) is 6.99. The van der Waals surface area contributed by atoms with Crippen LogP contribution in [-0.4, -0.2) is 13.2 Å². The van der Waals surface area contributed by atoms with Crippen molar-refractivity contribution in [1.82, 2.24) is 5.43 Å². The molecule has 1 fully saturated rings. The van der Waals surface area contributed by atoms with Crippen molar-refractivity contribution in [2.75, 3.05) is 13.2 Å². The minimum absolute atomic E-state index is 0.138. The van der Waals surface area contributed by atoms with Crippen LogP contribution < -0.4 is 11.3 Å². The van der Waals surface area contributed by atoms with Gasteiger partial charge in [0.25, 0.3) is 0 Å². The Balaban J connectivity index is 1.79. The number of thiophene rings is 1. The number of nitrogens with two attached hydrogens (primary N) is 1. The molecule has 1 aliphatic heterocycles. The van der Waals surface area contributed by atoms with Crippen LogP contribution in [0.2, 0.25) is 0 Å². The van der Waals surface area contributed by atoms with E-state index in [1.54, 1.807) is 17.4 Å². The molecule has 0 aliphatic carbocycles. The summed E-state index contributed by atoms with van der Waals surface area (Å²) in [5.74, 6) is 6.18. The lowest BCUT2D eigenvalue weighted by Gasteiger charge is -2.25. The van der Waals surface area contributed by atoms with Crippen LogP contribution in [0, 0.1) is 11.7 Å². The third-order valence-electron chi connectivity index (χ3n) is 3.95. The zero-order valence-corrected chi connectivity index (χ0v) is 12.1. The van der Waals surface area contributed by atoms with Gasteiger partial charge in [0.15, 0.2) is 0 Å². The van der Waals surface area contributed by atoms with Crippen LogP contribution in [0.15, 0.2) is 24.3 Å². The van der Waals surface area contributed by atoms with Crippen molar-refractivity contribution < 1.29 is 9.13 Å². The quantitative estimate of drug-likeness (QED) is 0.671. The molecule has 3 rings (SSSR count). The first kappa shape index (κ1) is 13.9. The maximum Gasteiger partial charge on any atom is 0.123 e. The van der Waals surface area contributed by atoms with Crippen molar-refractivity contribution >= 4 is 21.4 Å². The summed E-state index contributed by atoms with van der Waals surface area (Å²) in [5, 5.41) is 0.956. The molecular formula is C15H19FN2OS. The van der Waals surface area contributed by atoms with Gasteiger partial charge in [0, 0.05) is 22.8 Å². The van der Waals surface area contributed by atoms with Gasteiger partial charge in [-0.3, -0.25) is 11.3 Å². The van der Waals surface area contributed by atoms with Crippen LogP contribution in [0.4, 0.5) is 4.39 Å². The highest BCUT2D eigenvalue weighted by Crippen LogP contribution is 2.34. The topological polar surface area (TPSA) is 47.3 Å². The fraction of sp³-hybridized carbons (Fsp3) is 0.467. The summed E-state index contributed by atoms with van der Waals surface area (Å²) in [6.07, 6.45) is 3.20. The molecule has 108 valence electrons. The monoisotopic (exact) mass is 294 g/mol. The third kappa shape index (κ3) is 3.01. The van der Waals surface area contributed by atoms with E-state index >= 15 is 0 Å². The standard InChI is InChI=1S/C15H19FN2OS/c16-12-1-2-14-11(8-12)9-15(20-14)13(18-17)7-10-3-5-19-6-4-10/h1-2,8-10,13,18H,3-7,17H2. The van der Waals surface area contributed by atoms with E-state index in [4.69, 9.17) is 10.6 Å². The second-order valence-corrected chi connectivity index (χ2v) is 6.46. The maximum atomic E-state index is 13.3. The predicted molar refractivity (Wildman–Crippen MR) is 80.0 cm³/mol. The van der Waals surface area contributed by atoms with Gasteiger partial charge < -0.3 is 4.74 Å². The maximum absolute atomic E-state index is 13.3. The van der Waals surface area contributed by atoms with E-state index in [1.807, 2.05) is 12.1 Å². The van der Waals surface area contributed by atoms with Gasteiger partial charge in [-0.15, -0.1) is 11.3 Å². The number of hydrogen-bond donors (Lipinski definition) is 2. The van der Waals surface area contributed by atoms with Gasteiger partial charge in [0.1, 0.15) is 5.82 Å². The average Bonchev–Trinajstić information content (AvgIpc) is 2.88. The Morgan fingerprint density at radius 2 is 2.15 bits per heavy atom. The molecule has 1 aromatic heterocycles.